The Morgan fingerprint density at radius 3 is 2.35 bits per heavy atom. The lowest BCUT2D eigenvalue weighted by Gasteiger charge is -2.13. The summed E-state index contributed by atoms with van der Waals surface area (Å²) in [4.78, 5) is 0. The van der Waals surface area contributed by atoms with Crippen molar-refractivity contribution in [2.24, 2.45) is 0 Å². The van der Waals surface area contributed by atoms with Crippen LogP contribution in [0.2, 0.25) is 10.0 Å². The van der Waals surface area contributed by atoms with E-state index in [-0.39, 0.29) is 6.61 Å². The Labute approximate surface area is 143 Å². The second-order valence-corrected chi connectivity index (χ2v) is 6.54. The minimum absolute atomic E-state index is 0.0302. The smallest absolute Gasteiger partial charge is 0.148 e. The fourth-order valence-corrected chi connectivity index (χ4v) is 3.54. The number of hydrogen-bond acceptors (Lipinski definition) is 2. The van der Waals surface area contributed by atoms with E-state index in [1.165, 1.54) is 0 Å². The van der Waals surface area contributed by atoms with Crippen molar-refractivity contribution >= 4 is 55.1 Å². The van der Waals surface area contributed by atoms with E-state index in [4.69, 9.17) is 33.0 Å². The van der Waals surface area contributed by atoms with Crippen molar-refractivity contribution in [1.82, 2.24) is 0 Å². The first-order valence-electron chi connectivity index (χ1n) is 5.67. The molecule has 2 rings (SSSR count). The highest BCUT2D eigenvalue weighted by Gasteiger charge is 2.11. The first-order valence-corrected chi connectivity index (χ1v) is 8.01. The van der Waals surface area contributed by atoms with Crippen LogP contribution in [0.4, 0.5) is 0 Å². The molecule has 2 nitrogen and oxygen atoms in total. The van der Waals surface area contributed by atoms with Crippen LogP contribution in [0.25, 0.3) is 0 Å². The van der Waals surface area contributed by atoms with Crippen molar-refractivity contribution in [3.05, 3.63) is 60.4 Å². The van der Waals surface area contributed by atoms with Gasteiger partial charge in [-0.1, -0.05) is 35.3 Å². The molecule has 0 atom stereocenters. The third-order valence-electron chi connectivity index (χ3n) is 2.64. The number of halogens is 4. The summed E-state index contributed by atoms with van der Waals surface area (Å²) in [6, 6.07) is 9.03. The van der Waals surface area contributed by atoms with Crippen LogP contribution >= 0.6 is 55.1 Å². The molecule has 1 N–H and O–H groups in total. The number of rotatable bonds is 4. The minimum Gasteiger partial charge on any atom is -0.486 e. The molecule has 0 aliphatic carbocycles. The van der Waals surface area contributed by atoms with Crippen molar-refractivity contribution in [3.63, 3.8) is 0 Å². The van der Waals surface area contributed by atoms with Crippen LogP contribution in [0, 0.1) is 0 Å². The monoisotopic (exact) mass is 438 g/mol. The molecule has 0 aliphatic rings. The van der Waals surface area contributed by atoms with E-state index in [9.17, 15) is 0 Å². The average Bonchev–Trinajstić information content (AvgIpc) is 2.42. The van der Waals surface area contributed by atoms with Crippen molar-refractivity contribution in [2.75, 3.05) is 0 Å². The molecule has 0 saturated heterocycles. The Kier molecular flexibility index (Phi) is 5.75. The van der Waals surface area contributed by atoms with Gasteiger partial charge in [-0.25, -0.2) is 0 Å². The van der Waals surface area contributed by atoms with Gasteiger partial charge in [-0.15, -0.1) is 0 Å². The third kappa shape index (κ3) is 3.68. The Balaban J connectivity index is 2.21. The van der Waals surface area contributed by atoms with Crippen LogP contribution in [0.1, 0.15) is 11.1 Å². The van der Waals surface area contributed by atoms with E-state index in [1.54, 1.807) is 18.2 Å². The lowest BCUT2D eigenvalue weighted by molar-refractivity contribution is 0.280. The average molecular weight is 441 g/mol. The van der Waals surface area contributed by atoms with Gasteiger partial charge in [-0.2, -0.15) is 0 Å². The molecule has 106 valence electrons. The van der Waals surface area contributed by atoms with Crippen LogP contribution in [0.15, 0.2) is 39.3 Å². The molecule has 0 spiro atoms. The summed E-state index contributed by atoms with van der Waals surface area (Å²) in [5, 5.41) is 10.1. The highest BCUT2D eigenvalue weighted by atomic mass is 79.9. The predicted octanol–water partition coefficient (Wildman–Crippen LogP) is 5.59. The van der Waals surface area contributed by atoms with Crippen LogP contribution in [0.3, 0.4) is 0 Å². The molecule has 0 amide bonds. The first-order chi connectivity index (χ1) is 9.52. The molecule has 0 heterocycles. The van der Waals surface area contributed by atoms with Crippen molar-refractivity contribution in [3.8, 4) is 5.75 Å². The minimum atomic E-state index is -0.0302. The molecule has 20 heavy (non-hydrogen) atoms. The number of aliphatic hydroxyl groups is 1. The first kappa shape index (κ1) is 16.1. The Hall–Kier alpha value is -0.260. The molecule has 0 saturated carbocycles. The van der Waals surface area contributed by atoms with Crippen molar-refractivity contribution in [1.29, 1.82) is 0 Å². The number of ether oxygens (including phenoxy) is 1. The largest absolute Gasteiger partial charge is 0.486 e. The zero-order valence-corrected chi connectivity index (χ0v) is 14.9. The molecule has 6 heteroatoms. The second kappa shape index (κ2) is 7.14. The van der Waals surface area contributed by atoms with Gasteiger partial charge in [-0.05, 0) is 55.6 Å². The van der Waals surface area contributed by atoms with Gasteiger partial charge in [-0.3, -0.25) is 0 Å². The quantitative estimate of drug-likeness (QED) is 0.671. The molecule has 0 bridgehead atoms. The maximum atomic E-state index is 9.14. The highest BCUT2D eigenvalue weighted by molar-refractivity contribution is 9.11. The van der Waals surface area contributed by atoms with Gasteiger partial charge >= 0.3 is 0 Å². The second-order valence-electron chi connectivity index (χ2n) is 4.05. The maximum Gasteiger partial charge on any atom is 0.148 e. The van der Waals surface area contributed by atoms with Crippen LogP contribution in [0.5, 0.6) is 5.75 Å². The van der Waals surface area contributed by atoms with E-state index in [0.29, 0.717) is 22.4 Å². The zero-order valence-electron chi connectivity index (χ0n) is 10.2. The zero-order chi connectivity index (χ0) is 14.7. The van der Waals surface area contributed by atoms with E-state index >= 15 is 0 Å². The van der Waals surface area contributed by atoms with Gasteiger partial charge in [0, 0.05) is 5.56 Å². The van der Waals surface area contributed by atoms with Crippen LogP contribution < -0.4 is 4.74 Å². The molecule has 0 radical (unpaired) electrons. The Morgan fingerprint density at radius 2 is 1.75 bits per heavy atom. The molecule has 0 unspecified atom stereocenters. The summed E-state index contributed by atoms with van der Waals surface area (Å²) in [7, 11) is 0. The number of hydrogen-bond donors (Lipinski definition) is 1. The van der Waals surface area contributed by atoms with Crippen LogP contribution in [-0.2, 0) is 13.2 Å². The Morgan fingerprint density at radius 1 is 1.10 bits per heavy atom. The van der Waals surface area contributed by atoms with E-state index in [0.717, 1.165) is 20.1 Å². The van der Waals surface area contributed by atoms with Crippen LogP contribution in [-0.4, -0.2) is 5.11 Å². The number of aliphatic hydroxyl groups excluding tert-OH is 1. The van der Waals surface area contributed by atoms with Gasteiger partial charge in [0.15, 0.2) is 0 Å². The van der Waals surface area contributed by atoms with Gasteiger partial charge in [0.25, 0.3) is 0 Å². The molecular weight excluding hydrogens is 431 g/mol. The maximum absolute atomic E-state index is 9.14. The fraction of sp³-hybridized carbons (Fsp3) is 0.143. The van der Waals surface area contributed by atoms with Crippen molar-refractivity contribution in [2.45, 2.75) is 13.2 Å². The molecule has 0 aromatic heterocycles. The summed E-state index contributed by atoms with van der Waals surface area (Å²) in [5.41, 5.74) is 1.60. The normalized spacial score (nSPS) is 10.7. The summed E-state index contributed by atoms with van der Waals surface area (Å²) in [6.07, 6.45) is 0. The fourth-order valence-electron chi connectivity index (χ4n) is 1.65. The predicted molar refractivity (Wildman–Crippen MR) is 88.6 cm³/mol. The summed E-state index contributed by atoms with van der Waals surface area (Å²) in [5.74, 6) is 0.651. The van der Waals surface area contributed by atoms with Gasteiger partial charge in [0.2, 0.25) is 0 Å². The molecule has 0 aliphatic heterocycles. The SMILES string of the molecule is OCc1cc(Br)c(OCc2cccc(Cl)c2Cl)c(Br)c1. The van der Waals surface area contributed by atoms with Gasteiger partial charge in [0.05, 0.1) is 25.6 Å². The highest BCUT2D eigenvalue weighted by Crippen LogP contribution is 2.36. The van der Waals surface area contributed by atoms with E-state index in [2.05, 4.69) is 31.9 Å². The molecule has 2 aromatic rings. The lowest BCUT2D eigenvalue weighted by Crippen LogP contribution is -1.99. The summed E-state index contributed by atoms with van der Waals surface area (Å²) < 4.78 is 7.29. The standard InChI is InChI=1S/C14H10Br2Cl2O2/c15-10-4-8(6-19)5-11(16)14(10)20-7-9-2-1-3-12(17)13(9)18/h1-5,19H,6-7H2. The Bertz CT molecular complexity index is 610. The topological polar surface area (TPSA) is 29.5 Å². The third-order valence-corrected chi connectivity index (χ3v) is 4.68. The molecule has 2 aromatic carbocycles. The van der Waals surface area contributed by atoms with Gasteiger partial charge in [0.1, 0.15) is 12.4 Å². The lowest BCUT2D eigenvalue weighted by atomic mass is 10.2. The molecule has 0 fully saturated rings. The van der Waals surface area contributed by atoms with E-state index < -0.39 is 0 Å². The van der Waals surface area contributed by atoms with E-state index in [1.807, 2.05) is 12.1 Å². The summed E-state index contributed by atoms with van der Waals surface area (Å²) in [6.45, 7) is 0.271. The number of benzene rings is 2. The summed E-state index contributed by atoms with van der Waals surface area (Å²) >= 11 is 18.9. The molecular formula is C14H10Br2Cl2O2. The van der Waals surface area contributed by atoms with Gasteiger partial charge < -0.3 is 9.84 Å². The van der Waals surface area contributed by atoms with Crippen molar-refractivity contribution < 1.29 is 9.84 Å².